The molecule has 0 radical (unpaired) electrons. The Morgan fingerprint density at radius 3 is 2.94 bits per heavy atom. The number of benzene rings is 1. The second-order valence-corrected chi connectivity index (χ2v) is 4.29. The van der Waals surface area contributed by atoms with Gasteiger partial charge in [-0.3, -0.25) is 9.59 Å². The Hall–Kier alpha value is -2.08. The molecule has 0 fully saturated rings. The van der Waals surface area contributed by atoms with Crippen molar-refractivity contribution in [3.8, 4) is 5.75 Å². The third kappa shape index (κ3) is 2.43. The minimum atomic E-state index is -0.734. The average molecular weight is 249 g/mol. The first-order valence-electron chi connectivity index (χ1n) is 5.62. The summed E-state index contributed by atoms with van der Waals surface area (Å²) < 4.78 is 5.42. The van der Waals surface area contributed by atoms with E-state index in [9.17, 15) is 9.59 Å². The van der Waals surface area contributed by atoms with Gasteiger partial charge in [-0.05, 0) is 31.0 Å². The van der Waals surface area contributed by atoms with Gasteiger partial charge in [-0.25, -0.2) is 0 Å². The fourth-order valence-electron chi connectivity index (χ4n) is 1.74. The van der Waals surface area contributed by atoms with Crippen molar-refractivity contribution in [1.82, 2.24) is 0 Å². The molecule has 1 aliphatic rings. The highest BCUT2D eigenvalue weighted by Gasteiger charge is 2.23. The number of carbonyl (C=O) groups excluding carboxylic acids is 2. The Morgan fingerprint density at radius 1 is 1.56 bits per heavy atom. The maximum absolute atomic E-state index is 11.5. The Balaban J connectivity index is 2.20. The van der Waals surface area contributed by atoms with Crippen LogP contribution in [0.15, 0.2) is 18.2 Å². The molecule has 2 rings (SSSR count). The summed E-state index contributed by atoms with van der Waals surface area (Å²) in [6.07, 6.45) is -0.176. The molecule has 5 N–H and O–H groups in total. The smallest absolute Gasteiger partial charge is 0.265 e. The minimum absolute atomic E-state index is 0.196. The van der Waals surface area contributed by atoms with Crippen LogP contribution in [0.2, 0.25) is 0 Å². The van der Waals surface area contributed by atoms with Crippen LogP contribution in [0, 0.1) is 0 Å². The number of amides is 2. The number of carbonyl (C=O) groups is 2. The van der Waals surface area contributed by atoms with E-state index in [2.05, 4.69) is 5.32 Å². The molecule has 1 heterocycles. The van der Waals surface area contributed by atoms with Crippen LogP contribution in [0.4, 0.5) is 5.69 Å². The van der Waals surface area contributed by atoms with Gasteiger partial charge in [0.2, 0.25) is 5.91 Å². The van der Waals surface area contributed by atoms with Crippen LogP contribution in [0.25, 0.3) is 0 Å². The third-order valence-electron chi connectivity index (χ3n) is 2.80. The summed E-state index contributed by atoms with van der Waals surface area (Å²) in [5.74, 6) is -0.140. The molecule has 6 heteroatoms. The number of nitrogens with two attached hydrogens (primary N) is 2. The topological polar surface area (TPSA) is 107 Å². The quantitative estimate of drug-likeness (QED) is 0.687. The Morgan fingerprint density at radius 2 is 2.28 bits per heavy atom. The summed E-state index contributed by atoms with van der Waals surface area (Å²) in [6, 6.07) is 4.55. The highest BCUT2D eigenvalue weighted by molar-refractivity contribution is 5.97. The van der Waals surface area contributed by atoms with Crippen molar-refractivity contribution in [2.24, 2.45) is 11.5 Å². The first kappa shape index (κ1) is 12.4. The minimum Gasteiger partial charge on any atom is -0.479 e. The van der Waals surface area contributed by atoms with Crippen molar-refractivity contribution in [2.45, 2.75) is 25.5 Å². The van der Waals surface area contributed by atoms with Crippen molar-refractivity contribution in [3.05, 3.63) is 23.8 Å². The molecule has 2 atom stereocenters. The number of hydrogen-bond acceptors (Lipinski definition) is 4. The normalized spacial score (nSPS) is 19.4. The van der Waals surface area contributed by atoms with Gasteiger partial charge in [-0.1, -0.05) is 6.07 Å². The molecular formula is C12H15N3O3. The van der Waals surface area contributed by atoms with Crippen LogP contribution in [0.3, 0.4) is 0 Å². The first-order valence-corrected chi connectivity index (χ1v) is 5.62. The maximum Gasteiger partial charge on any atom is 0.265 e. The van der Waals surface area contributed by atoms with Gasteiger partial charge in [0, 0.05) is 0 Å². The lowest BCUT2D eigenvalue weighted by Gasteiger charge is -2.23. The molecule has 1 aromatic rings. The summed E-state index contributed by atoms with van der Waals surface area (Å²) in [4.78, 5) is 22.4. The number of nitrogens with one attached hydrogen (secondary N) is 1. The molecular weight excluding hydrogens is 234 g/mol. The number of fused-ring (bicyclic) bond motifs is 1. The Labute approximate surface area is 104 Å². The molecule has 18 heavy (non-hydrogen) atoms. The highest BCUT2D eigenvalue weighted by Crippen LogP contribution is 2.30. The lowest BCUT2D eigenvalue weighted by Crippen LogP contribution is -2.38. The van der Waals surface area contributed by atoms with Gasteiger partial charge in [-0.2, -0.15) is 0 Å². The van der Waals surface area contributed by atoms with E-state index in [1.807, 2.05) is 0 Å². The summed E-state index contributed by atoms with van der Waals surface area (Å²) in [5, 5.41) is 2.73. The van der Waals surface area contributed by atoms with E-state index in [1.54, 1.807) is 25.1 Å². The van der Waals surface area contributed by atoms with Gasteiger partial charge in [-0.15, -0.1) is 0 Å². The maximum atomic E-state index is 11.5. The highest BCUT2D eigenvalue weighted by atomic mass is 16.5. The number of hydrogen-bond donors (Lipinski definition) is 3. The lowest BCUT2D eigenvalue weighted by atomic mass is 10.0. The molecule has 0 aromatic heterocycles. The summed E-state index contributed by atoms with van der Waals surface area (Å²) in [5.41, 5.74) is 12.1. The largest absolute Gasteiger partial charge is 0.479 e. The number of anilines is 1. The molecule has 6 nitrogen and oxygen atoms in total. The molecule has 0 saturated heterocycles. The molecule has 0 saturated carbocycles. The monoisotopic (exact) mass is 249 g/mol. The van der Waals surface area contributed by atoms with Gasteiger partial charge in [0.15, 0.2) is 6.10 Å². The second kappa shape index (κ2) is 4.66. The zero-order valence-electron chi connectivity index (χ0n) is 9.97. The van der Waals surface area contributed by atoms with Crippen LogP contribution >= 0.6 is 0 Å². The van der Waals surface area contributed by atoms with Gasteiger partial charge in [0.05, 0.1) is 11.7 Å². The van der Waals surface area contributed by atoms with Crippen LogP contribution < -0.4 is 21.5 Å². The Bertz CT molecular complexity index is 501. The summed E-state index contributed by atoms with van der Waals surface area (Å²) in [7, 11) is 0. The number of rotatable bonds is 3. The number of primary amides is 1. The van der Waals surface area contributed by atoms with Crippen LogP contribution in [-0.2, 0) is 16.0 Å². The zero-order valence-corrected chi connectivity index (χ0v) is 9.97. The molecule has 0 bridgehead atoms. The van der Waals surface area contributed by atoms with Gasteiger partial charge in [0.1, 0.15) is 5.75 Å². The number of ether oxygens (including phenoxy) is 1. The summed E-state index contributed by atoms with van der Waals surface area (Å²) >= 11 is 0. The molecule has 96 valence electrons. The van der Waals surface area contributed by atoms with E-state index in [0.29, 0.717) is 17.9 Å². The molecule has 1 aliphatic heterocycles. The molecule has 2 unspecified atom stereocenters. The molecule has 0 spiro atoms. The molecule has 2 amide bonds. The zero-order chi connectivity index (χ0) is 13.3. The Kier molecular flexibility index (Phi) is 3.20. The standard InChI is InChI=1S/C12H15N3O3/c1-6-12(17)15-9-5-7(2-3-10(9)18-6)4-8(13)11(14)16/h2-3,5-6,8H,4,13H2,1H3,(H2,14,16)(H,15,17). The van der Waals surface area contributed by atoms with Crippen LogP contribution in [0.1, 0.15) is 12.5 Å². The van der Waals surface area contributed by atoms with Crippen molar-refractivity contribution in [1.29, 1.82) is 0 Å². The molecule has 1 aromatic carbocycles. The predicted molar refractivity (Wildman–Crippen MR) is 66.0 cm³/mol. The van der Waals surface area contributed by atoms with Gasteiger partial charge >= 0.3 is 0 Å². The second-order valence-electron chi connectivity index (χ2n) is 4.29. The van der Waals surface area contributed by atoms with Crippen LogP contribution in [0.5, 0.6) is 5.75 Å². The van der Waals surface area contributed by atoms with Gasteiger partial charge < -0.3 is 21.5 Å². The van der Waals surface area contributed by atoms with E-state index in [-0.39, 0.29) is 5.91 Å². The van der Waals surface area contributed by atoms with Crippen LogP contribution in [-0.4, -0.2) is 24.0 Å². The van der Waals surface area contributed by atoms with Crippen molar-refractivity contribution >= 4 is 17.5 Å². The lowest BCUT2D eigenvalue weighted by molar-refractivity contribution is -0.122. The summed E-state index contributed by atoms with van der Waals surface area (Å²) in [6.45, 7) is 1.68. The SMILES string of the molecule is CC1Oc2ccc(CC(N)C(N)=O)cc2NC1=O. The fourth-order valence-corrected chi connectivity index (χ4v) is 1.74. The fraction of sp³-hybridized carbons (Fsp3) is 0.333. The van der Waals surface area contributed by atoms with E-state index < -0.39 is 18.1 Å². The van der Waals surface area contributed by atoms with E-state index in [0.717, 1.165) is 5.56 Å². The van der Waals surface area contributed by atoms with E-state index in [1.165, 1.54) is 0 Å². The third-order valence-corrected chi connectivity index (χ3v) is 2.80. The van der Waals surface area contributed by atoms with Crippen molar-refractivity contribution in [2.75, 3.05) is 5.32 Å². The average Bonchev–Trinajstić information content (AvgIpc) is 2.31. The van der Waals surface area contributed by atoms with Crippen molar-refractivity contribution < 1.29 is 14.3 Å². The molecule has 0 aliphatic carbocycles. The van der Waals surface area contributed by atoms with Gasteiger partial charge in [0.25, 0.3) is 5.91 Å². The first-order chi connectivity index (χ1) is 8.47. The predicted octanol–water partition coefficient (Wildman–Crippen LogP) is -0.239. The van der Waals surface area contributed by atoms with E-state index in [4.69, 9.17) is 16.2 Å². The van der Waals surface area contributed by atoms with E-state index >= 15 is 0 Å². The van der Waals surface area contributed by atoms with Crippen molar-refractivity contribution in [3.63, 3.8) is 0 Å².